The van der Waals surface area contributed by atoms with Crippen LogP contribution in [0.3, 0.4) is 0 Å². The molecule has 0 aromatic carbocycles. The Balaban J connectivity index is 3.06. The zero-order valence-corrected chi connectivity index (χ0v) is 10.8. The minimum Gasteiger partial charge on any atom is -0.462 e. The first kappa shape index (κ1) is 14.1. The fourth-order valence-corrected chi connectivity index (χ4v) is 2.10. The molecule has 7 nitrogen and oxygen atoms in total. The number of aryl methyl sites for hydroxylation is 1. The van der Waals surface area contributed by atoms with Gasteiger partial charge < -0.3 is 9.72 Å². The number of sulfonamides is 1. The minimum atomic E-state index is -3.78. The number of rotatable bonds is 5. The second kappa shape index (κ2) is 5.55. The molecule has 0 fully saturated rings. The summed E-state index contributed by atoms with van der Waals surface area (Å²) in [4.78, 5) is 14.4. The molecule has 0 atom stereocenters. The van der Waals surface area contributed by atoms with E-state index in [2.05, 4.69) is 9.71 Å². The quantitative estimate of drug-likeness (QED) is 0.768. The van der Waals surface area contributed by atoms with Crippen molar-refractivity contribution in [2.45, 2.75) is 13.8 Å². The topological polar surface area (TPSA) is 112 Å². The van der Waals surface area contributed by atoms with Gasteiger partial charge in [-0.3, -0.25) is 4.72 Å². The summed E-state index contributed by atoms with van der Waals surface area (Å²) in [5, 5.41) is 8.38. The predicted octanol–water partition coefficient (Wildman–Crippen LogP) is 0.765. The SMILES string of the molecule is CCOC(=O)c1c(NS(=O)(=O)CC#N)c[nH]c1C. The van der Waals surface area contributed by atoms with Crippen molar-refractivity contribution in [1.29, 1.82) is 5.26 Å². The molecule has 18 heavy (non-hydrogen) atoms. The van der Waals surface area contributed by atoms with E-state index < -0.39 is 21.7 Å². The van der Waals surface area contributed by atoms with Crippen LogP contribution in [0.15, 0.2) is 6.20 Å². The summed E-state index contributed by atoms with van der Waals surface area (Å²) in [5.74, 6) is -1.30. The highest BCUT2D eigenvalue weighted by Gasteiger charge is 2.21. The third-order valence-corrected chi connectivity index (χ3v) is 3.12. The lowest BCUT2D eigenvalue weighted by molar-refractivity contribution is 0.0527. The average Bonchev–Trinajstić information content (AvgIpc) is 2.59. The molecule has 0 unspecified atom stereocenters. The molecular weight excluding hydrogens is 258 g/mol. The first-order valence-corrected chi connectivity index (χ1v) is 6.79. The lowest BCUT2D eigenvalue weighted by Crippen LogP contribution is -2.17. The standard InChI is InChI=1S/C10H13N3O4S/c1-3-17-10(14)9-7(2)12-6-8(9)13-18(15,16)5-4-11/h6,12-13H,3,5H2,1-2H3. The number of aromatic amines is 1. The van der Waals surface area contributed by atoms with Crippen molar-refractivity contribution in [3.63, 3.8) is 0 Å². The molecule has 0 aliphatic heterocycles. The van der Waals surface area contributed by atoms with Gasteiger partial charge in [0.2, 0.25) is 10.0 Å². The largest absolute Gasteiger partial charge is 0.462 e. The highest BCUT2D eigenvalue weighted by Crippen LogP contribution is 2.21. The Bertz CT molecular complexity index is 583. The van der Waals surface area contributed by atoms with E-state index in [0.29, 0.717) is 5.69 Å². The lowest BCUT2D eigenvalue weighted by Gasteiger charge is -2.06. The van der Waals surface area contributed by atoms with E-state index in [-0.39, 0.29) is 17.9 Å². The summed E-state index contributed by atoms with van der Waals surface area (Å²) in [6.07, 6.45) is 1.34. The summed E-state index contributed by atoms with van der Waals surface area (Å²) in [6, 6.07) is 1.53. The maximum atomic E-state index is 11.6. The number of nitrogens with zero attached hydrogens (tertiary/aromatic N) is 1. The van der Waals surface area contributed by atoms with Gasteiger partial charge in [-0.15, -0.1) is 0 Å². The molecule has 0 amide bonds. The monoisotopic (exact) mass is 271 g/mol. The van der Waals surface area contributed by atoms with Gasteiger partial charge in [0.1, 0.15) is 5.56 Å². The minimum absolute atomic E-state index is 0.0844. The molecule has 0 saturated carbocycles. The van der Waals surface area contributed by atoms with Crippen LogP contribution in [0.1, 0.15) is 23.0 Å². The molecule has 1 aromatic rings. The Labute approximate surface area is 105 Å². The number of nitriles is 1. The van der Waals surface area contributed by atoms with Gasteiger partial charge in [0.15, 0.2) is 5.75 Å². The number of hydrogen-bond acceptors (Lipinski definition) is 5. The maximum absolute atomic E-state index is 11.6. The first-order valence-electron chi connectivity index (χ1n) is 5.13. The van der Waals surface area contributed by atoms with Gasteiger partial charge in [0.25, 0.3) is 0 Å². The van der Waals surface area contributed by atoms with Gasteiger partial charge in [-0.25, -0.2) is 13.2 Å². The molecule has 8 heteroatoms. The van der Waals surface area contributed by atoms with Gasteiger partial charge in [-0.2, -0.15) is 5.26 Å². The number of esters is 1. The van der Waals surface area contributed by atoms with E-state index in [1.807, 2.05) is 0 Å². The summed E-state index contributed by atoms with van der Waals surface area (Å²) in [6.45, 7) is 3.46. The lowest BCUT2D eigenvalue weighted by atomic mass is 10.2. The number of aromatic nitrogens is 1. The molecule has 0 spiro atoms. The van der Waals surface area contributed by atoms with Crippen LogP contribution in [0.5, 0.6) is 0 Å². The molecule has 1 heterocycles. The zero-order valence-electron chi connectivity index (χ0n) is 9.98. The van der Waals surface area contributed by atoms with E-state index in [9.17, 15) is 13.2 Å². The molecule has 0 aliphatic rings. The third kappa shape index (κ3) is 3.24. The Hall–Kier alpha value is -2.01. The van der Waals surface area contributed by atoms with Crippen LogP contribution in [0, 0.1) is 18.3 Å². The van der Waals surface area contributed by atoms with E-state index in [1.54, 1.807) is 13.8 Å². The van der Waals surface area contributed by atoms with Crippen LogP contribution in [0.25, 0.3) is 0 Å². The zero-order chi connectivity index (χ0) is 13.8. The van der Waals surface area contributed by atoms with Crippen LogP contribution < -0.4 is 4.72 Å². The fourth-order valence-electron chi connectivity index (χ4n) is 1.36. The van der Waals surface area contributed by atoms with Crippen molar-refractivity contribution in [1.82, 2.24) is 4.98 Å². The molecule has 0 radical (unpaired) electrons. The molecule has 0 saturated heterocycles. The summed E-state index contributed by atoms with van der Waals surface area (Å²) < 4.78 is 29.9. The van der Waals surface area contributed by atoms with Crippen molar-refractivity contribution in [3.8, 4) is 6.07 Å². The Kier molecular flexibility index (Phi) is 4.33. The second-order valence-corrected chi connectivity index (χ2v) is 5.16. The molecule has 1 rings (SSSR count). The molecule has 1 aromatic heterocycles. The van der Waals surface area contributed by atoms with Crippen LogP contribution in [-0.2, 0) is 14.8 Å². The van der Waals surface area contributed by atoms with Crippen LogP contribution in [0.4, 0.5) is 5.69 Å². The van der Waals surface area contributed by atoms with E-state index in [4.69, 9.17) is 10.00 Å². The number of carbonyl (C=O) groups is 1. The fraction of sp³-hybridized carbons (Fsp3) is 0.400. The molecule has 98 valence electrons. The summed E-state index contributed by atoms with van der Waals surface area (Å²) in [7, 11) is -3.78. The van der Waals surface area contributed by atoms with E-state index >= 15 is 0 Å². The van der Waals surface area contributed by atoms with E-state index in [1.165, 1.54) is 12.3 Å². The first-order chi connectivity index (χ1) is 8.41. The van der Waals surface area contributed by atoms with Crippen molar-refractivity contribution in [2.24, 2.45) is 0 Å². The number of H-pyrrole nitrogens is 1. The number of carbonyl (C=O) groups excluding carboxylic acids is 1. The molecule has 2 N–H and O–H groups in total. The third-order valence-electron chi connectivity index (χ3n) is 2.08. The smallest absolute Gasteiger partial charge is 0.342 e. The summed E-state index contributed by atoms with van der Waals surface area (Å²) >= 11 is 0. The molecule has 0 bridgehead atoms. The van der Waals surface area contributed by atoms with Gasteiger partial charge >= 0.3 is 5.97 Å². The highest BCUT2D eigenvalue weighted by atomic mass is 32.2. The Morgan fingerprint density at radius 1 is 1.61 bits per heavy atom. The van der Waals surface area contributed by atoms with Crippen molar-refractivity contribution in [3.05, 3.63) is 17.5 Å². The predicted molar refractivity (Wildman–Crippen MR) is 64.5 cm³/mol. The number of nitrogens with one attached hydrogen (secondary N) is 2. The number of hydrogen-bond donors (Lipinski definition) is 2. The van der Waals surface area contributed by atoms with Crippen LogP contribution in [0.2, 0.25) is 0 Å². The van der Waals surface area contributed by atoms with Crippen LogP contribution >= 0.6 is 0 Å². The number of anilines is 1. The normalized spacial score (nSPS) is 10.7. The van der Waals surface area contributed by atoms with Gasteiger partial charge in [0, 0.05) is 11.9 Å². The molecule has 0 aliphatic carbocycles. The van der Waals surface area contributed by atoms with Gasteiger partial charge in [-0.05, 0) is 13.8 Å². The maximum Gasteiger partial charge on any atom is 0.342 e. The van der Waals surface area contributed by atoms with Crippen LogP contribution in [-0.4, -0.2) is 31.7 Å². The second-order valence-electron chi connectivity index (χ2n) is 3.44. The Morgan fingerprint density at radius 3 is 2.83 bits per heavy atom. The molecular formula is C10H13N3O4S. The highest BCUT2D eigenvalue weighted by molar-refractivity contribution is 7.92. The van der Waals surface area contributed by atoms with Crippen molar-refractivity contribution in [2.75, 3.05) is 17.1 Å². The summed E-state index contributed by atoms with van der Waals surface area (Å²) in [5.41, 5.74) is 0.697. The van der Waals surface area contributed by atoms with Gasteiger partial charge in [0.05, 0.1) is 18.4 Å². The van der Waals surface area contributed by atoms with E-state index in [0.717, 1.165) is 0 Å². The Morgan fingerprint density at radius 2 is 2.28 bits per heavy atom. The average molecular weight is 271 g/mol. The van der Waals surface area contributed by atoms with Crippen molar-refractivity contribution < 1.29 is 17.9 Å². The number of ether oxygens (including phenoxy) is 1. The van der Waals surface area contributed by atoms with Crippen molar-refractivity contribution >= 4 is 21.7 Å². The van der Waals surface area contributed by atoms with Gasteiger partial charge in [-0.1, -0.05) is 0 Å².